The molecule has 0 saturated carbocycles. The number of carbonyl (C=O) groups is 2. The molecule has 0 unspecified atom stereocenters. The number of nitrogens with zero attached hydrogens (tertiary/aromatic N) is 1. The van der Waals surface area contributed by atoms with Crippen LogP contribution in [0, 0.1) is 0 Å². The van der Waals surface area contributed by atoms with E-state index < -0.39 is 11.9 Å². The molecular formula is C34H30BrN3O6. The molecule has 0 radical (unpaired) electrons. The van der Waals surface area contributed by atoms with Crippen molar-refractivity contribution in [1.82, 2.24) is 10.4 Å². The van der Waals surface area contributed by atoms with Gasteiger partial charge in [0.1, 0.15) is 17.2 Å². The van der Waals surface area contributed by atoms with Crippen LogP contribution in [0.4, 0.5) is 0 Å². The second-order valence-electron chi connectivity index (χ2n) is 9.42. The summed E-state index contributed by atoms with van der Waals surface area (Å²) in [6, 6.07) is 25.2. The smallest absolute Gasteiger partial charge is 0.343 e. The van der Waals surface area contributed by atoms with Crippen LogP contribution < -0.4 is 24.4 Å². The predicted molar refractivity (Wildman–Crippen MR) is 173 cm³/mol. The number of aromatic nitrogens is 1. The lowest BCUT2D eigenvalue weighted by molar-refractivity contribution is 0.0733. The van der Waals surface area contributed by atoms with E-state index in [0.717, 1.165) is 21.0 Å². The number of H-pyrrole nitrogens is 1. The topological polar surface area (TPSA) is 111 Å². The van der Waals surface area contributed by atoms with Gasteiger partial charge in [-0.2, -0.15) is 5.10 Å². The molecule has 2 N–H and O–H groups in total. The highest BCUT2D eigenvalue weighted by Crippen LogP contribution is 2.36. The number of para-hydroxylation sites is 1. The maximum Gasteiger partial charge on any atom is 0.343 e. The summed E-state index contributed by atoms with van der Waals surface area (Å²) < 4.78 is 23.2. The number of halogens is 1. The summed E-state index contributed by atoms with van der Waals surface area (Å²) in [6.07, 6.45) is 1.42. The Bertz CT molecular complexity index is 1830. The molecular weight excluding hydrogens is 626 g/mol. The van der Waals surface area contributed by atoms with Crippen molar-refractivity contribution in [3.05, 3.63) is 106 Å². The summed E-state index contributed by atoms with van der Waals surface area (Å²) >= 11 is 3.45. The Morgan fingerprint density at radius 2 is 1.61 bits per heavy atom. The first-order chi connectivity index (χ1) is 21.4. The number of amides is 1. The molecule has 0 aliphatic carbocycles. The first-order valence-corrected chi connectivity index (χ1v) is 14.7. The fraction of sp³-hybridized carbons (Fsp3) is 0.147. The standard InChI is InChI=1S/C34H30BrN3O6/c1-4-42-27-16-14-22(19-29(27)43-5-2)34(40)44-26-17-15-24(35)18-23(26)20-36-38-33(39)32-30(21-10-7-6-8-11-21)25-12-9-13-28(41-3)31(25)37-32/h6-20,37H,4-5H2,1-3H3,(H,38,39). The van der Waals surface area contributed by atoms with E-state index >= 15 is 0 Å². The van der Waals surface area contributed by atoms with Crippen molar-refractivity contribution in [2.45, 2.75) is 13.8 Å². The van der Waals surface area contributed by atoms with Crippen molar-refractivity contribution >= 4 is 44.9 Å². The fourth-order valence-corrected chi connectivity index (χ4v) is 5.08. The maximum absolute atomic E-state index is 13.5. The molecule has 1 aromatic heterocycles. The summed E-state index contributed by atoms with van der Waals surface area (Å²) in [5, 5.41) is 5.03. The van der Waals surface area contributed by atoms with Gasteiger partial charge in [0.25, 0.3) is 5.91 Å². The summed E-state index contributed by atoms with van der Waals surface area (Å²) in [5.41, 5.74) is 5.97. The average molecular weight is 657 g/mol. The van der Waals surface area contributed by atoms with Gasteiger partial charge in [-0.25, -0.2) is 10.2 Å². The number of hydrogen-bond donors (Lipinski definition) is 2. The van der Waals surface area contributed by atoms with Crippen LogP contribution in [0.3, 0.4) is 0 Å². The molecule has 44 heavy (non-hydrogen) atoms. The molecule has 0 atom stereocenters. The molecule has 1 heterocycles. The predicted octanol–water partition coefficient (Wildman–Crippen LogP) is 7.39. The van der Waals surface area contributed by atoms with Crippen LogP contribution in [0.15, 0.2) is 94.5 Å². The van der Waals surface area contributed by atoms with E-state index in [4.69, 9.17) is 18.9 Å². The van der Waals surface area contributed by atoms with Gasteiger partial charge < -0.3 is 23.9 Å². The number of esters is 1. The fourth-order valence-electron chi connectivity index (χ4n) is 4.70. The lowest BCUT2D eigenvalue weighted by atomic mass is 10.0. The van der Waals surface area contributed by atoms with E-state index in [-0.39, 0.29) is 5.75 Å². The van der Waals surface area contributed by atoms with Crippen molar-refractivity contribution in [3.63, 3.8) is 0 Å². The summed E-state index contributed by atoms with van der Waals surface area (Å²) in [5.74, 6) is 0.821. The van der Waals surface area contributed by atoms with E-state index in [9.17, 15) is 9.59 Å². The first-order valence-electron chi connectivity index (χ1n) is 13.9. The highest BCUT2D eigenvalue weighted by molar-refractivity contribution is 9.10. The molecule has 0 fully saturated rings. The largest absolute Gasteiger partial charge is 0.495 e. The minimum atomic E-state index is -0.588. The van der Waals surface area contributed by atoms with Gasteiger partial charge in [-0.3, -0.25) is 4.79 Å². The molecule has 5 aromatic rings. The number of methoxy groups -OCH3 is 1. The van der Waals surface area contributed by atoms with Crippen molar-refractivity contribution < 1.29 is 28.5 Å². The highest BCUT2D eigenvalue weighted by Gasteiger charge is 2.21. The van der Waals surface area contributed by atoms with Gasteiger partial charge in [0.15, 0.2) is 11.5 Å². The summed E-state index contributed by atoms with van der Waals surface area (Å²) in [7, 11) is 1.58. The number of carbonyl (C=O) groups excluding carboxylic acids is 2. The molecule has 4 aromatic carbocycles. The van der Waals surface area contributed by atoms with Crippen molar-refractivity contribution in [1.29, 1.82) is 0 Å². The number of nitrogens with one attached hydrogen (secondary N) is 2. The molecule has 0 bridgehead atoms. The van der Waals surface area contributed by atoms with Crippen LogP contribution in [-0.4, -0.2) is 43.4 Å². The second-order valence-corrected chi connectivity index (χ2v) is 10.3. The third-order valence-electron chi connectivity index (χ3n) is 6.63. The van der Waals surface area contributed by atoms with Gasteiger partial charge in [-0.1, -0.05) is 58.4 Å². The van der Waals surface area contributed by atoms with Crippen LogP contribution in [0.1, 0.15) is 40.3 Å². The molecule has 1 amide bonds. The number of hydrazone groups is 1. The third-order valence-corrected chi connectivity index (χ3v) is 7.12. The Kier molecular flexibility index (Phi) is 9.61. The molecule has 0 spiro atoms. The minimum absolute atomic E-state index is 0.253. The maximum atomic E-state index is 13.5. The van der Waals surface area contributed by atoms with Crippen molar-refractivity contribution in [2.24, 2.45) is 5.10 Å². The van der Waals surface area contributed by atoms with Gasteiger partial charge in [0.05, 0.1) is 37.6 Å². The van der Waals surface area contributed by atoms with Crippen LogP contribution in [0.5, 0.6) is 23.0 Å². The Balaban J connectivity index is 1.40. The van der Waals surface area contributed by atoms with Crippen LogP contribution in [0.25, 0.3) is 22.0 Å². The normalized spacial score (nSPS) is 11.0. The van der Waals surface area contributed by atoms with Gasteiger partial charge in [-0.15, -0.1) is 0 Å². The van der Waals surface area contributed by atoms with E-state index in [1.807, 2.05) is 62.4 Å². The van der Waals surface area contributed by atoms with Crippen molar-refractivity contribution in [3.8, 4) is 34.1 Å². The Morgan fingerprint density at radius 1 is 0.864 bits per heavy atom. The zero-order valence-electron chi connectivity index (χ0n) is 24.3. The molecule has 10 heteroatoms. The Hall–Kier alpha value is -5.09. The second kappa shape index (κ2) is 13.9. The number of ether oxygens (including phenoxy) is 4. The number of fused-ring (bicyclic) bond motifs is 1. The minimum Gasteiger partial charge on any atom is -0.495 e. The molecule has 0 aliphatic heterocycles. The summed E-state index contributed by atoms with van der Waals surface area (Å²) in [4.78, 5) is 29.8. The monoisotopic (exact) mass is 655 g/mol. The van der Waals surface area contributed by atoms with Gasteiger partial charge in [0, 0.05) is 21.0 Å². The number of benzene rings is 4. The highest BCUT2D eigenvalue weighted by atomic mass is 79.9. The van der Waals surface area contributed by atoms with E-state index in [1.54, 1.807) is 43.5 Å². The van der Waals surface area contributed by atoms with Gasteiger partial charge >= 0.3 is 5.97 Å². The van der Waals surface area contributed by atoms with Crippen LogP contribution >= 0.6 is 15.9 Å². The Morgan fingerprint density at radius 3 is 2.36 bits per heavy atom. The zero-order valence-corrected chi connectivity index (χ0v) is 25.9. The van der Waals surface area contributed by atoms with E-state index in [0.29, 0.717) is 52.8 Å². The van der Waals surface area contributed by atoms with Crippen LogP contribution in [0.2, 0.25) is 0 Å². The quantitative estimate of drug-likeness (QED) is 0.0664. The lowest BCUT2D eigenvalue weighted by Gasteiger charge is -2.13. The van der Waals surface area contributed by atoms with Gasteiger partial charge in [0.2, 0.25) is 0 Å². The summed E-state index contributed by atoms with van der Waals surface area (Å²) in [6.45, 7) is 4.60. The van der Waals surface area contributed by atoms with Crippen LogP contribution in [-0.2, 0) is 0 Å². The van der Waals surface area contributed by atoms with Gasteiger partial charge in [-0.05, 0) is 61.9 Å². The third kappa shape index (κ3) is 6.60. The number of aromatic amines is 1. The zero-order chi connectivity index (χ0) is 31.1. The average Bonchev–Trinajstić information content (AvgIpc) is 3.44. The number of rotatable bonds is 11. The lowest BCUT2D eigenvalue weighted by Crippen LogP contribution is -2.19. The van der Waals surface area contributed by atoms with Crippen molar-refractivity contribution in [2.75, 3.05) is 20.3 Å². The van der Waals surface area contributed by atoms with E-state index in [2.05, 4.69) is 31.4 Å². The molecule has 9 nitrogen and oxygen atoms in total. The molecule has 0 saturated heterocycles. The molecule has 224 valence electrons. The molecule has 0 aliphatic rings. The first kappa shape index (κ1) is 30.4. The SMILES string of the molecule is CCOc1ccc(C(=O)Oc2ccc(Br)cc2C=NNC(=O)c2[nH]c3c(OC)cccc3c2-c2ccccc2)cc1OCC. The Labute approximate surface area is 262 Å². The molecule has 5 rings (SSSR count). The van der Waals surface area contributed by atoms with E-state index in [1.165, 1.54) is 6.21 Å². The number of hydrogen-bond acceptors (Lipinski definition) is 7.